The minimum absolute atomic E-state index is 0.149. The highest BCUT2D eigenvalue weighted by molar-refractivity contribution is 6.02. The number of amidine groups is 1. The van der Waals surface area contributed by atoms with E-state index in [1.54, 1.807) is 39.8 Å². The molecule has 0 fully saturated rings. The number of carbonyl (C=O) groups excluding carboxylic acids is 2. The van der Waals surface area contributed by atoms with E-state index in [2.05, 4.69) is 15.4 Å². The van der Waals surface area contributed by atoms with Gasteiger partial charge in [-0.05, 0) is 24.3 Å². The van der Waals surface area contributed by atoms with Crippen molar-refractivity contribution in [1.29, 1.82) is 0 Å². The van der Waals surface area contributed by atoms with Gasteiger partial charge in [0.1, 0.15) is 5.69 Å². The number of nitrogens with two attached hydrogens (primary N) is 2. The molecule has 3 heterocycles. The van der Waals surface area contributed by atoms with E-state index in [0.29, 0.717) is 40.8 Å². The molecule has 0 spiro atoms. The van der Waals surface area contributed by atoms with Crippen LogP contribution in [-0.4, -0.2) is 76.7 Å². The Morgan fingerprint density at radius 3 is 2.73 bits per heavy atom. The van der Waals surface area contributed by atoms with E-state index in [1.165, 1.54) is 19.3 Å². The highest BCUT2D eigenvalue weighted by Crippen LogP contribution is 2.30. The Morgan fingerprint density at radius 2 is 2.00 bits per heavy atom. The van der Waals surface area contributed by atoms with E-state index in [1.807, 2.05) is 0 Å². The molecule has 2 amide bonds. The first-order chi connectivity index (χ1) is 17.5. The van der Waals surface area contributed by atoms with Crippen LogP contribution < -0.4 is 21.6 Å². The fourth-order valence-corrected chi connectivity index (χ4v) is 3.99. The molecule has 11 nitrogen and oxygen atoms in total. The first-order valence-corrected chi connectivity index (χ1v) is 11.2. The summed E-state index contributed by atoms with van der Waals surface area (Å²) in [6, 6.07) is 9.66. The Bertz CT molecular complexity index is 1350. The SMILES string of the molecule is CN(N)/N=C(\N)c1cccc(C(=O)NCCN2CCn3c(cc4c(OCC(F)(F)F)nccc43)C2=O)c1. The minimum Gasteiger partial charge on any atom is -0.468 e. The Labute approximate surface area is 209 Å². The molecular formula is C23H25F3N8O3. The van der Waals surface area contributed by atoms with Crippen LogP contribution in [0.2, 0.25) is 0 Å². The number of benzene rings is 1. The maximum absolute atomic E-state index is 13.1. The van der Waals surface area contributed by atoms with Crippen LogP contribution in [0.15, 0.2) is 47.7 Å². The predicted octanol–water partition coefficient (Wildman–Crippen LogP) is 1.29. The highest BCUT2D eigenvalue weighted by atomic mass is 19.4. The van der Waals surface area contributed by atoms with Gasteiger partial charge in [-0.2, -0.15) is 13.2 Å². The number of rotatable bonds is 8. The van der Waals surface area contributed by atoms with Gasteiger partial charge in [-0.15, -0.1) is 5.10 Å². The molecule has 37 heavy (non-hydrogen) atoms. The summed E-state index contributed by atoms with van der Waals surface area (Å²) in [5, 5.41) is 8.07. The van der Waals surface area contributed by atoms with E-state index in [-0.39, 0.29) is 36.6 Å². The van der Waals surface area contributed by atoms with Gasteiger partial charge < -0.3 is 25.3 Å². The summed E-state index contributed by atoms with van der Waals surface area (Å²) in [7, 11) is 1.52. The molecule has 4 rings (SSSR count). The predicted molar refractivity (Wildman–Crippen MR) is 129 cm³/mol. The quantitative estimate of drug-likeness (QED) is 0.176. The first kappa shape index (κ1) is 25.8. The van der Waals surface area contributed by atoms with E-state index >= 15 is 0 Å². The lowest BCUT2D eigenvalue weighted by Gasteiger charge is -2.28. The Morgan fingerprint density at radius 1 is 1.24 bits per heavy atom. The Balaban J connectivity index is 1.40. The van der Waals surface area contributed by atoms with Crippen LogP contribution in [0.1, 0.15) is 26.4 Å². The summed E-state index contributed by atoms with van der Waals surface area (Å²) in [5.74, 6) is 4.77. The zero-order valence-electron chi connectivity index (χ0n) is 19.8. The van der Waals surface area contributed by atoms with E-state index in [9.17, 15) is 22.8 Å². The molecule has 2 aromatic heterocycles. The summed E-state index contributed by atoms with van der Waals surface area (Å²) in [5.41, 5.74) is 7.64. The molecule has 0 radical (unpaired) electrons. The zero-order valence-corrected chi connectivity index (χ0v) is 19.8. The van der Waals surface area contributed by atoms with Crippen molar-refractivity contribution in [2.75, 3.05) is 33.3 Å². The summed E-state index contributed by atoms with van der Waals surface area (Å²) >= 11 is 0. The summed E-state index contributed by atoms with van der Waals surface area (Å²) in [6.07, 6.45) is -3.17. The third kappa shape index (κ3) is 5.91. The van der Waals surface area contributed by atoms with Gasteiger partial charge in [0.05, 0.1) is 10.9 Å². The van der Waals surface area contributed by atoms with Crippen LogP contribution in [0.25, 0.3) is 10.9 Å². The van der Waals surface area contributed by atoms with Crippen molar-refractivity contribution in [3.8, 4) is 5.88 Å². The largest absolute Gasteiger partial charge is 0.468 e. The maximum atomic E-state index is 13.1. The zero-order chi connectivity index (χ0) is 26.7. The molecule has 5 N–H and O–H groups in total. The molecule has 1 aliphatic rings. The van der Waals surface area contributed by atoms with Crippen LogP contribution >= 0.6 is 0 Å². The lowest BCUT2D eigenvalue weighted by Crippen LogP contribution is -2.44. The van der Waals surface area contributed by atoms with Gasteiger partial charge in [-0.25, -0.2) is 15.9 Å². The molecule has 0 atom stereocenters. The molecule has 0 bridgehead atoms. The van der Waals surface area contributed by atoms with Gasteiger partial charge in [0.15, 0.2) is 12.4 Å². The first-order valence-electron chi connectivity index (χ1n) is 11.2. The lowest BCUT2D eigenvalue weighted by molar-refractivity contribution is -0.153. The number of halogens is 3. The van der Waals surface area contributed by atoms with Crippen LogP contribution in [0, 0.1) is 0 Å². The topological polar surface area (TPSA) is 144 Å². The van der Waals surface area contributed by atoms with Crippen molar-refractivity contribution in [1.82, 2.24) is 24.9 Å². The molecule has 0 saturated carbocycles. The summed E-state index contributed by atoms with van der Waals surface area (Å²) in [4.78, 5) is 31.2. The van der Waals surface area contributed by atoms with Crippen LogP contribution in [0.5, 0.6) is 5.88 Å². The maximum Gasteiger partial charge on any atom is 0.422 e. The van der Waals surface area contributed by atoms with Crippen molar-refractivity contribution < 1.29 is 27.5 Å². The van der Waals surface area contributed by atoms with Gasteiger partial charge in [0.2, 0.25) is 5.88 Å². The number of pyridine rings is 1. The second-order valence-corrected chi connectivity index (χ2v) is 8.32. The third-order valence-electron chi connectivity index (χ3n) is 5.62. The van der Waals surface area contributed by atoms with E-state index in [4.69, 9.17) is 16.3 Å². The van der Waals surface area contributed by atoms with Gasteiger partial charge >= 0.3 is 6.18 Å². The molecule has 1 aromatic carbocycles. The average molecular weight is 519 g/mol. The normalized spacial score (nSPS) is 14.0. The fourth-order valence-electron chi connectivity index (χ4n) is 3.99. The van der Waals surface area contributed by atoms with Gasteiger partial charge in [-0.1, -0.05) is 12.1 Å². The number of fused-ring (bicyclic) bond motifs is 3. The van der Waals surface area contributed by atoms with E-state index in [0.717, 1.165) is 5.12 Å². The van der Waals surface area contributed by atoms with Crippen molar-refractivity contribution in [3.63, 3.8) is 0 Å². The smallest absolute Gasteiger partial charge is 0.422 e. The van der Waals surface area contributed by atoms with E-state index < -0.39 is 12.8 Å². The molecule has 3 aromatic rings. The molecular weight excluding hydrogens is 493 g/mol. The van der Waals surface area contributed by atoms with Crippen molar-refractivity contribution in [2.45, 2.75) is 12.7 Å². The molecule has 0 unspecified atom stereocenters. The number of carbonyl (C=O) groups is 2. The van der Waals surface area contributed by atoms with Crippen molar-refractivity contribution in [2.24, 2.45) is 16.7 Å². The van der Waals surface area contributed by atoms with Gasteiger partial charge in [0, 0.05) is 50.6 Å². The lowest BCUT2D eigenvalue weighted by atomic mass is 10.1. The number of alkyl halides is 3. The number of amides is 2. The molecule has 14 heteroatoms. The van der Waals surface area contributed by atoms with Crippen LogP contribution in [0.4, 0.5) is 13.2 Å². The number of hydrazone groups is 1. The van der Waals surface area contributed by atoms with Crippen molar-refractivity contribution >= 4 is 28.6 Å². The summed E-state index contributed by atoms with van der Waals surface area (Å²) < 4.78 is 44.4. The highest BCUT2D eigenvalue weighted by Gasteiger charge is 2.31. The molecule has 0 aliphatic carbocycles. The van der Waals surface area contributed by atoms with Crippen LogP contribution in [0.3, 0.4) is 0 Å². The number of ether oxygens (including phenoxy) is 1. The fraction of sp³-hybridized carbons (Fsp3) is 0.304. The second kappa shape index (κ2) is 10.3. The number of hydrogen-bond acceptors (Lipinski definition) is 7. The number of hydrogen-bond donors (Lipinski definition) is 3. The monoisotopic (exact) mass is 518 g/mol. The molecule has 196 valence electrons. The van der Waals surface area contributed by atoms with Gasteiger partial charge in [-0.3, -0.25) is 9.59 Å². The second-order valence-electron chi connectivity index (χ2n) is 8.32. The molecule has 0 saturated heterocycles. The summed E-state index contributed by atoms with van der Waals surface area (Å²) in [6.45, 7) is -0.264. The number of nitrogens with one attached hydrogen (secondary N) is 1. The standard InChI is InChI=1S/C23H25F3N8O3/c1-32(28)31-19(27)14-3-2-4-15(11-14)20(35)29-7-8-33-9-10-34-17-5-6-30-21(37-13-23(24,25)26)16(17)12-18(34)22(33)36/h2-6,11-12H,7-10,13,28H2,1H3,(H2,27,31)(H,29,35). The Kier molecular flexibility index (Phi) is 7.20. The number of aromatic nitrogens is 2. The number of nitrogens with zero attached hydrogens (tertiary/aromatic N) is 5. The number of hydrazine groups is 1. The minimum atomic E-state index is -4.51. The van der Waals surface area contributed by atoms with Gasteiger partial charge in [0.25, 0.3) is 11.8 Å². The Hall–Kier alpha value is -4.33. The van der Waals surface area contributed by atoms with Crippen molar-refractivity contribution in [3.05, 3.63) is 59.4 Å². The average Bonchev–Trinajstić information content (AvgIpc) is 3.23. The van der Waals surface area contributed by atoms with Crippen LogP contribution in [-0.2, 0) is 6.54 Å². The third-order valence-corrected chi connectivity index (χ3v) is 5.62. The molecule has 1 aliphatic heterocycles.